The molecule has 2 rings (SSSR count). The lowest BCUT2D eigenvalue weighted by Gasteiger charge is -2.20. The van der Waals surface area contributed by atoms with Gasteiger partial charge in [0.05, 0.1) is 10.7 Å². The van der Waals surface area contributed by atoms with E-state index >= 15 is 0 Å². The minimum Gasteiger partial charge on any atom is -0.319 e. The lowest BCUT2D eigenvalue weighted by molar-refractivity contribution is 0.409. The van der Waals surface area contributed by atoms with Crippen LogP contribution >= 0.6 is 11.3 Å². The predicted molar refractivity (Wildman–Crippen MR) is 74.9 cm³/mol. The predicted octanol–water partition coefficient (Wildman–Crippen LogP) is 3.37. The van der Waals surface area contributed by atoms with Gasteiger partial charge in [0.15, 0.2) is 0 Å². The topological polar surface area (TPSA) is 24.9 Å². The Morgan fingerprint density at radius 3 is 2.82 bits per heavy atom. The van der Waals surface area contributed by atoms with Gasteiger partial charge in [-0.25, -0.2) is 4.98 Å². The highest BCUT2D eigenvalue weighted by atomic mass is 32.1. The molecule has 0 saturated carbocycles. The Morgan fingerprint density at radius 2 is 2.18 bits per heavy atom. The van der Waals surface area contributed by atoms with Gasteiger partial charge >= 0.3 is 0 Å². The van der Waals surface area contributed by atoms with Gasteiger partial charge in [0.2, 0.25) is 0 Å². The van der Waals surface area contributed by atoms with Gasteiger partial charge in [0, 0.05) is 23.8 Å². The highest BCUT2D eigenvalue weighted by Gasteiger charge is 2.25. The Balaban J connectivity index is 2.18. The van der Waals surface area contributed by atoms with Crippen LogP contribution in [0.15, 0.2) is 0 Å². The molecule has 3 heteroatoms. The molecule has 1 heterocycles. The number of hydrogen-bond acceptors (Lipinski definition) is 3. The lowest BCUT2D eigenvalue weighted by atomic mass is 9.90. The molecule has 1 atom stereocenters. The van der Waals surface area contributed by atoms with Crippen LogP contribution in [0, 0.1) is 5.41 Å². The molecule has 2 nitrogen and oxygen atoms in total. The second-order valence-corrected chi connectivity index (χ2v) is 7.47. The van der Waals surface area contributed by atoms with Crippen molar-refractivity contribution in [3.05, 3.63) is 15.6 Å². The van der Waals surface area contributed by atoms with Gasteiger partial charge in [0.25, 0.3) is 0 Å². The van der Waals surface area contributed by atoms with E-state index in [4.69, 9.17) is 4.98 Å². The van der Waals surface area contributed by atoms with Crippen LogP contribution in [0.4, 0.5) is 0 Å². The van der Waals surface area contributed by atoms with Crippen molar-refractivity contribution in [3.63, 3.8) is 0 Å². The Hall–Kier alpha value is -0.410. The van der Waals surface area contributed by atoms with E-state index in [1.807, 2.05) is 18.4 Å². The summed E-state index contributed by atoms with van der Waals surface area (Å²) in [6, 6.07) is 0. The minimum atomic E-state index is 0.346. The summed E-state index contributed by atoms with van der Waals surface area (Å²) in [7, 11) is 2.04. The van der Waals surface area contributed by atoms with Crippen molar-refractivity contribution in [2.24, 2.45) is 5.41 Å². The van der Waals surface area contributed by atoms with Crippen molar-refractivity contribution in [2.75, 3.05) is 13.6 Å². The van der Waals surface area contributed by atoms with Crippen LogP contribution in [0.5, 0.6) is 0 Å². The third kappa shape index (κ3) is 3.29. The summed E-state index contributed by atoms with van der Waals surface area (Å²) < 4.78 is 0. The summed E-state index contributed by atoms with van der Waals surface area (Å²) in [5.74, 6) is 0.647. The largest absolute Gasteiger partial charge is 0.319 e. The molecule has 0 fully saturated rings. The number of fused-ring (bicyclic) bond motifs is 1. The molecular formula is C14H24N2S. The zero-order valence-corrected chi connectivity index (χ0v) is 12.3. The standard InChI is InChI=1S/C14H24N2S/c1-14(2,3)8-12-16-13-10(9-15-4)6-5-7-11(13)17-12/h10,15H,5-9H2,1-4H3. The van der Waals surface area contributed by atoms with Crippen molar-refractivity contribution in [1.82, 2.24) is 10.3 Å². The first-order chi connectivity index (χ1) is 7.99. The van der Waals surface area contributed by atoms with E-state index in [-0.39, 0.29) is 0 Å². The Bertz CT molecular complexity index is 376. The fourth-order valence-electron chi connectivity index (χ4n) is 2.53. The number of likely N-dealkylation sites (N-methyl/N-ethyl adjacent to an activating group) is 1. The zero-order chi connectivity index (χ0) is 12.5. The first kappa shape index (κ1) is 13.0. The van der Waals surface area contributed by atoms with E-state index in [1.54, 1.807) is 4.88 Å². The Labute approximate surface area is 109 Å². The number of nitrogens with zero attached hydrogens (tertiary/aromatic N) is 1. The molecule has 0 saturated heterocycles. The Kier molecular flexibility index (Phi) is 3.88. The maximum absolute atomic E-state index is 4.91. The fourth-order valence-corrected chi connectivity index (χ4v) is 4.03. The van der Waals surface area contributed by atoms with Gasteiger partial charge in [0.1, 0.15) is 0 Å². The van der Waals surface area contributed by atoms with Crippen molar-refractivity contribution in [2.45, 2.75) is 52.4 Å². The summed E-state index contributed by atoms with van der Waals surface area (Å²) in [5.41, 5.74) is 1.74. The number of aromatic nitrogens is 1. The molecule has 0 radical (unpaired) electrons. The van der Waals surface area contributed by atoms with E-state index < -0.39 is 0 Å². The van der Waals surface area contributed by atoms with Crippen LogP contribution in [0.1, 0.15) is 55.1 Å². The van der Waals surface area contributed by atoms with Crippen molar-refractivity contribution < 1.29 is 0 Å². The quantitative estimate of drug-likeness (QED) is 0.892. The molecule has 1 aromatic heterocycles. The highest BCUT2D eigenvalue weighted by Crippen LogP contribution is 2.36. The van der Waals surface area contributed by atoms with Crippen LogP contribution < -0.4 is 5.32 Å². The number of hydrogen-bond donors (Lipinski definition) is 1. The van der Waals surface area contributed by atoms with Gasteiger partial charge in [-0.1, -0.05) is 20.8 Å². The molecule has 0 aromatic carbocycles. The van der Waals surface area contributed by atoms with Gasteiger partial charge in [-0.05, 0) is 31.7 Å². The number of thiazole rings is 1. The summed E-state index contributed by atoms with van der Waals surface area (Å²) in [4.78, 5) is 6.47. The summed E-state index contributed by atoms with van der Waals surface area (Å²) in [6.07, 6.45) is 4.98. The zero-order valence-electron chi connectivity index (χ0n) is 11.5. The molecule has 1 aromatic rings. The summed E-state index contributed by atoms with van der Waals surface area (Å²) in [6.45, 7) is 7.95. The summed E-state index contributed by atoms with van der Waals surface area (Å²) in [5, 5.41) is 4.64. The monoisotopic (exact) mass is 252 g/mol. The SMILES string of the molecule is CNCC1CCCc2sc(CC(C)(C)C)nc21. The first-order valence-corrected chi connectivity index (χ1v) is 7.44. The smallest absolute Gasteiger partial charge is 0.0936 e. The second-order valence-electron chi connectivity index (χ2n) is 6.30. The molecule has 17 heavy (non-hydrogen) atoms. The summed E-state index contributed by atoms with van der Waals surface area (Å²) >= 11 is 1.95. The normalized spacial score (nSPS) is 20.4. The number of nitrogens with one attached hydrogen (secondary N) is 1. The molecule has 1 aliphatic carbocycles. The molecule has 96 valence electrons. The second kappa shape index (κ2) is 5.07. The van der Waals surface area contributed by atoms with Crippen LogP contribution in [-0.2, 0) is 12.8 Å². The van der Waals surface area contributed by atoms with Crippen LogP contribution in [0.3, 0.4) is 0 Å². The van der Waals surface area contributed by atoms with E-state index in [0.717, 1.165) is 13.0 Å². The van der Waals surface area contributed by atoms with Gasteiger partial charge in [-0.2, -0.15) is 0 Å². The van der Waals surface area contributed by atoms with Gasteiger partial charge < -0.3 is 5.32 Å². The molecule has 0 aliphatic heterocycles. The molecule has 0 spiro atoms. The first-order valence-electron chi connectivity index (χ1n) is 6.62. The van der Waals surface area contributed by atoms with E-state index in [2.05, 4.69) is 26.1 Å². The third-order valence-electron chi connectivity index (χ3n) is 3.25. The fraction of sp³-hybridized carbons (Fsp3) is 0.786. The van der Waals surface area contributed by atoms with Gasteiger partial charge in [-0.3, -0.25) is 0 Å². The average molecular weight is 252 g/mol. The molecule has 1 aliphatic rings. The van der Waals surface area contributed by atoms with E-state index in [0.29, 0.717) is 11.3 Å². The van der Waals surface area contributed by atoms with Gasteiger partial charge in [-0.15, -0.1) is 11.3 Å². The van der Waals surface area contributed by atoms with Crippen LogP contribution in [0.2, 0.25) is 0 Å². The maximum atomic E-state index is 4.91. The number of rotatable bonds is 3. The minimum absolute atomic E-state index is 0.346. The lowest BCUT2D eigenvalue weighted by Crippen LogP contribution is -2.21. The maximum Gasteiger partial charge on any atom is 0.0936 e. The van der Waals surface area contributed by atoms with Crippen LogP contribution in [0.25, 0.3) is 0 Å². The van der Waals surface area contributed by atoms with Crippen molar-refractivity contribution >= 4 is 11.3 Å². The van der Waals surface area contributed by atoms with Crippen molar-refractivity contribution in [1.29, 1.82) is 0 Å². The molecule has 0 amide bonds. The van der Waals surface area contributed by atoms with E-state index in [1.165, 1.54) is 30.0 Å². The molecule has 0 bridgehead atoms. The average Bonchev–Trinajstić information content (AvgIpc) is 2.58. The molecule has 1 unspecified atom stereocenters. The highest BCUT2D eigenvalue weighted by molar-refractivity contribution is 7.11. The van der Waals surface area contributed by atoms with Crippen LogP contribution in [-0.4, -0.2) is 18.6 Å². The molecule has 1 N–H and O–H groups in total. The Morgan fingerprint density at radius 1 is 1.41 bits per heavy atom. The number of aryl methyl sites for hydroxylation is 1. The van der Waals surface area contributed by atoms with E-state index in [9.17, 15) is 0 Å². The molecular weight excluding hydrogens is 228 g/mol. The van der Waals surface area contributed by atoms with Crippen molar-refractivity contribution in [3.8, 4) is 0 Å². The third-order valence-corrected chi connectivity index (χ3v) is 4.38.